The molecule has 1 aromatic carbocycles. The lowest BCUT2D eigenvalue weighted by atomic mass is 10.1. The number of primary amides is 1. The molecule has 2 amide bonds. The van der Waals surface area contributed by atoms with Gasteiger partial charge in [-0.15, -0.1) is 0 Å². The van der Waals surface area contributed by atoms with Crippen molar-refractivity contribution in [3.63, 3.8) is 0 Å². The van der Waals surface area contributed by atoms with Gasteiger partial charge in [0.25, 0.3) is 5.91 Å². The largest absolute Gasteiger partial charge is 0.392 e. The number of H-pyrrole nitrogens is 1. The molecule has 1 aromatic heterocycles. The maximum atomic E-state index is 11.5. The van der Waals surface area contributed by atoms with E-state index < -0.39 is 12.0 Å². The monoisotopic (exact) mass is 316 g/mol. The fourth-order valence-electron chi connectivity index (χ4n) is 2.00. The average molecular weight is 316 g/mol. The predicted molar refractivity (Wildman–Crippen MR) is 89.8 cm³/mol. The van der Waals surface area contributed by atoms with Crippen molar-refractivity contribution in [2.24, 2.45) is 11.5 Å². The molecule has 0 fully saturated rings. The standard InChI is InChI=1S/C15H15N3O3.CH5N/c1-9(20)3-2-4-10-5-6-11-12(7-10)18-15(17-8-19)13(11)14(16)21;1-2/h5-9,18,20H,3H2,1H3,(H2,16,21)(H,17,19);2H2,1H3. The summed E-state index contributed by atoms with van der Waals surface area (Å²) in [5.74, 6) is 5.42. The van der Waals surface area contributed by atoms with Gasteiger partial charge in [0.2, 0.25) is 6.41 Å². The van der Waals surface area contributed by atoms with Crippen LogP contribution in [0.1, 0.15) is 29.3 Å². The van der Waals surface area contributed by atoms with Crippen LogP contribution in [0.15, 0.2) is 18.2 Å². The lowest BCUT2D eigenvalue weighted by Crippen LogP contribution is -2.13. The lowest BCUT2D eigenvalue weighted by molar-refractivity contribution is -0.105. The summed E-state index contributed by atoms with van der Waals surface area (Å²) < 4.78 is 0. The Morgan fingerprint density at radius 2 is 2.17 bits per heavy atom. The zero-order chi connectivity index (χ0) is 17.4. The van der Waals surface area contributed by atoms with Crippen LogP contribution in [0.2, 0.25) is 0 Å². The molecule has 1 atom stereocenters. The molecule has 0 aliphatic carbocycles. The highest BCUT2D eigenvalue weighted by atomic mass is 16.3. The summed E-state index contributed by atoms with van der Waals surface area (Å²) in [5, 5.41) is 12.2. The average Bonchev–Trinajstić information content (AvgIpc) is 2.86. The highest BCUT2D eigenvalue weighted by molar-refractivity contribution is 6.12. The summed E-state index contributed by atoms with van der Waals surface area (Å²) in [6.07, 6.45) is 0.380. The molecule has 7 heteroatoms. The molecule has 0 aliphatic rings. The molecular weight excluding hydrogens is 296 g/mol. The number of carbonyl (C=O) groups excluding carboxylic acids is 2. The Balaban J connectivity index is 0.00000127. The Kier molecular flexibility index (Phi) is 6.80. The first-order valence-electron chi connectivity index (χ1n) is 6.93. The number of rotatable bonds is 4. The number of fused-ring (bicyclic) bond motifs is 1. The molecule has 0 radical (unpaired) electrons. The summed E-state index contributed by atoms with van der Waals surface area (Å²) >= 11 is 0. The number of carbonyl (C=O) groups is 2. The van der Waals surface area contributed by atoms with Gasteiger partial charge in [-0.1, -0.05) is 17.9 Å². The maximum Gasteiger partial charge on any atom is 0.253 e. The summed E-state index contributed by atoms with van der Waals surface area (Å²) in [6, 6.07) is 5.23. The van der Waals surface area contributed by atoms with Crippen molar-refractivity contribution in [2.45, 2.75) is 19.4 Å². The number of nitrogens with one attached hydrogen (secondary N) is 2. The van der Waals surface area contributed by atoms with Crippen LogP contribution < -0.4 is 16.8 Å². The first kappa shape index (κ1) is 18.2. The number of aromatic nitrogens is 1. The minimum atomic E-state index is -0.626. The molecule has 0 spiro atoms. The zero-order valence-electron chi connectivity index (χ0n) is 13.0. The number of aliphatic hydroxyl groups is 1. The molecule has 0 saturated carbocycles. The second-order valence-electron chi connectivity index (χ2n) is 4.62. The molecular formula is C16H20N4O3. The molecule has 0 bridgehead atoms. The summed E-state index contributed by atoms with van der Waals surface area (Å²) in [6.45, 7) is 1.67. The Morgan fingerprint density at radius 1 is 1.48 bits per heavy atom. The Hall–Kier alpha value is -2.82. The SMILES string of the molecule is CC(O)CC#Cc1ccc2c(C(N)=O)c(NC=O)[nH]c2c1.CN. The number of hydrogen-bond acceptors (Lipinski definition) is 4. The number of hydrogen-bond donors (Lipinski definition) is 5. The van der Waals surface area contributed by atoms with Crippen LogP contribution >= 0.6 is 0 Å². The van der Waals surface area contributed by atoms with Crippen molar-refractivity contribution in [2.75, 3.05) is 12.4 Å². The van der Waals surface area contributed by atoms with Gasteiger partial charge in [0.05, 0.1) is 11.7 Å². The van der Waals surface area contributed by atoms with E-state index in [1.165, 1.54) is 7.05 Å². The third-order valence-electron chi connectivity index (χ3n) is 2.88. The van der Waals surface area contributed by atoms with Crippen LogP contribution in [0.3, 0.4) is 0 Å². The number of nitrogens with two attached hydrogens (primary N) is 2. The lowest BCUT2D eigenvalue weighted by Gasteiger charge is -1.97. The van der Waals surface area contributed by atoms with E-state index >= 15 is 0 Å². The van der Waals surface area contributed by atoms with Crippen LogP contribution in [0.5, 0.6) is 0 Å². The van der Waals surface area contributed by atoms with Gasteiger partial charge >= 0.3 is 0 Å². The van der Waals surface area contributed by atoms with Gasteiger partial charge in [-0.3, -0.25) is 9.59 Å². The molecule has 122 valence electrons. The van der Waals surface area contributed by atoms with Crippen LogP contribution in [0.25, 0.3) is 10.9 Å². The van der Waals surface area contributed by atoms with Gasteiger partial charge in [-0.05, 0) is 26.1 Å². The molecule has 0 saturated heterocycles. The summed E-state index contributed by atoms with van der Waals surface area (Å²) in [7, 11) is 1.50. The topological polar surface area (TPSA) is 134 Å². The number of anilines is 1. The third-order valence-corrected chi connectivity index (χ3v) is 2.88. The van der Waals surface area contributed by atoms with E-state index in [9.17, 15) is 9.59 Å². The Morgan fingerprint density at radius 3 is 2.74 bits per heavy atom. The first-order chi connectivity index (χ1) is 11.0. The number of aliphatic hydroxyl groups excluding tert-OH is 1. The Labute approximate surface area is 134 Å². The quantitative estimate of drug-likeness (QED) is 0.415. The smallest absolute Gasteiger partial charge is 0.253 e. The molecule has 2 aromatic rings. The van der Waals surface area contributed by atoms with E-state index in [1.807, 2.05) is 0 Å². The van der Waals surface area contributed by atoms with Gasteiger partial charge in [-0.2, -0.15) is 0 Å². The molecule has 7 nitrogen and oxygen atoms in total. The van der Waals surface area contributed by atoms with Crippen molar-refractivity contribution in [3.8, 4) is 11.8 Å². The molecule has 0 aliphatic heterocycles. The second-order valence-corrected chi connectivity index (χ2v) is 4.62. The fourth-order valence-corrected chi connectivity index (χ4v) is 2.00. The number of benzene rings is 1. The van der Waals surface area contributed by atoms with E-state index in [2.05, 4.69) is 27.9 Å². The van der Waals surface area contributed by atoms with Crippen molar-refractivity contribution in [3.05, 3.63) is 29.3 Å². The highest BCUT2D eigenvalue weighted by Gasteiger charge is 2.15. The second kappa shape index (κ2) is 8.58. The van der Waals surface area contributed by atoms with E-state index in [0.29, 0.717) is 23.7 Å². The van der Waals surface area contributed by atoms with E-state index in [-0.39, 0.29) is 11.4 Å². The molecule has 23 heavy (non-hydrogen) atoms. The van der Waals surface area contributed by atoms with Gasteiger partial charge in [0.1, 0.15) is 5.82 Å². The Bertz CT molecular complexity index is 754. The third kappa shape index (κ3) is 4.57. The van der Waals surface area contributed by atoms with Crippen molar-refractivity contribution < 1.29 is 14.7 Å². The highest BCUT2D eigenvalue weighted by Crippen LogP contribution is 2.26. The van der Waals surface area contributed by atoms with E-state index in [4.69, 9.17) is 10.8 Å². The maximum absolute atomic E-state index is 11.5. The van der Waals surface area contributed by atoms with E-state index in [0.717, 1.165) is 5.56 Å². The van der Waals surface area contributed by atoms with Gasteiger partial charge < -0.3 is 26.9 Å². The number of amides is 2. The van der Waals surface area contributed by atoms with Crippen LogP contribution in [0.4, 0.5) is 5.82 Å². The van der Waals surface area contributed by atoms with Crippen molar-refractivity contribution in [1.82, 2.24) is 4.98 Å². The van der Waals surface area contributed by atoms with Gasteiger partial charge in [0, 0.05) is 22.9 Å². The van der Waals surface area contributed by atoms with Crippen molar-refractivity contribution in [1.29, 1.82) is 0 Å². The molecule has 7 N–H and O–H groups in total. The van der Waals surface area contributed by atoms with E-state index in [1.54, 1.807) is 25.1 Å². The van der Waals surface area contributed by atoms with Crippen molar-refractivity contribution >= 4 is 29.0 Å². The van der Waals surface area contributed by atoms with Crippen LogP contribution in [-0.4, -0.2) is 35.6 Å². The van der Waals surface area contributed by atoms with Crippen LogP contribution in [0, 0.1) is 11.8 Å². The predicted octanol–water partition coefficient (Wildman–Crippen LogP) is 0.532. The zero-order valence-corrected chi connectivity index (χ0v) is 13.0. The minimum Gasteiger partial charge on any atom is -0.392 e. The minimum absolute atomic E-state index is 0.237. The molecule has 2 rings (SSSR count). The van der Waals surface area contributed by atoms with Gasteiger partial charge in [0.15, 0.2) is 0 Å². The normalized spacial score (nSPS) is 10.8. The molecule has 1 unspecified atom stereocenters. The fraction of sp³-hybridized carbons (Fsp3) is 0.250. The first-order valence-corrected chi connectivity index (χ1v) is 6.93. The number of aromatic amines is 1. The summed E-state index contributed by atoms with van der Waals surface area (Å²) in [5.41, 5.74) is 11.5. The summed E-state index contributed by atoms with van der Waals surface area (Å²) in [4.78, 5) is 25.0. The molecule has 1 heterocycles. The van der Waals surface area contributed by atoms with Crippen LogP contribution in [-0.2, 0) is 4.79 Å². The van der Waals surface area contributed by atoms with Gasteiger partial charge in [-0.25, -0.2) is 0 Å².